The summed E-state index contributed by atoms with van der Waals surface area (Å²) in [5, 5.41) is 4.89. The lowest BCUT2D eigenvalue weighted by Gasteiger charge is -2.26. The van der Waals surface area contributed by atoms with Crippen LogP contribution in [0.25, 0.3) is 0 Å². The zero-order valence-corrected chi connectivity index (χ0v) is 16.9. The highest BCUT2D eigenvalue weighted by Gasteiger charge is 2.41. The summed E-state index contributed by atoms with van der Waals surface area (Å²) >= 11 is 0. The van der Waals surface area contributed by atoms with E-state index in [9.17, 15) is 22.8 Å². The van der Waals surface area contributed by atoms with Gasteiger partial charge in [-0.1, -0.05) is 69.4 Å². The number of amides is 2. The minimum Gasteiger partial charge on any atom is -0.368 e. The maximum Gasteiger partial charge on any atom is 0.403 e. The Morgan fingerprint density at radius 2 is 1.72 bits per heavy atom. The Morgan fingerprint density at radius 1 is 1.07 bits per heavy atom. The lowest BCUT2D eigenvalue weighted by Crippen LogP contribution is -2.53. The first kappa shape index (κ1) is 24.9. The molecule has 8 heteroatoms. The number of nitrogens with two attached hydrogens (primary N) is 1. The van der Waals surface area contributed by atoms with Crippen molar-refractivity contribution in [1.29, 1.82) is 0 Å². The molecule has 0 heterocycles. The summed E-state index contributed by atoms with van der Waals surface area (Å²) in [5.74, 6) is -1.48. The van der Waals surface area contributed by atoms with Crippen LogP contribution < -0.4 is 16.4 Å². The highest BCUT2D eigenvalue weighted by molar-refractivity contribution is 5.87. The number of carbonyl (C=O) groups excluding carboxylic acids is 2. The van der Waals surface area contributed by atoms with Crippen LogP contribution in [0.15, 0.2) is 30.3 Å². The van der Waals surface area contributed by atoms with Gasteiger partial charge in [-0.2, -0.15) is 13.2 Å². The molecule has 0 saturated carbocycles. The summed E-state index contributed by atoms with van der Waals surface area (Å²) in [6, 6.07) is 6.23. The minimum absolute atomic E-state index is 0.146. The molecule has 0 radical (unpaired) electrons. The quantitative estimate of drug-likeness (QED) is 0.407. The van der Waals surface area contributed by atoms with Gasteiger partial charge < -0.3 is 11.1 Å². The second-order valence-corrected chi connectivity index (χ2v) is 7.21. The lowest BCUT2D eigenvalue weighted by molar-refractivity contribution is -0.161. The maximum absolute atomic E-state index is 13.3. The van der Waals surface area contributed by atoms with E-state index in [2.05, 4.69) is 10.6 Å². The number of halogens is 3. The number of unbranched alkanes of at least 4 members (excludes halogenated alkanes) is 4. The molecular formula is C21H32F3N3O2. The van der Waals surface area contributed by atoms with Crippen LogP contribution in [-0.4, -0.2) is 36.6 Å². The first-order valence-electron chi connectivity index (χ1n) is 10.2. The predicted molar refractivity (Wildman–Crippen MR) is 107 cm³/mol. The van der Waals surface area contributed by atoms with E-state index < -0.39 is 36.5 Å². The van der Waals surface area contributed by atoms with Crippen LogP contribution in [0.2, 0.25) is 0 Å². The standard InChI is InChI=1S/C21H32F3N3O2/c1-2-3-4-5-9-12-18(21(22,23)24)27-17(20(25)29)15-19(28)26-14-13-16-10-7-6-8-11-16/h6-8,10-11,17-18,27H,2-5,9,12-15H2,1H3,(H2,25,29)(H,26,28). The lowest BCUT2D eigenvalue weighted by atomic mass is 10.0. The van der Waals surface area contributed by atoms with Crippen LogP contribution in [0.5, 0.6) is 0 Å². The van der Waals surface area contributed by atoms with E-state index in [-0.39, 0.29) is 6.42 Å². The first-order valence-corrected chi connectivity index (χ1v) is 10.2. The molecule has 0 bridgehead atoms. The fraction of sp³-hybridized carbons (Fsp3) is 0.619. The minimum atomic E-state index is -4.51. The van der Waals surface area contributed by atoms with Crippen LogP contribution in [0, 0.1) is 0 Å². The molecule has 2 amide bonds. The smallest absolute Gasteiger partial charge is 0.368 e. The molecule has 0 aliphatic heterocycles. The Balaban J connectivity index is 2.52. The van der Waals surface area contributed by atoms with E-state index in [0.29, 0.717) is 25.8 Å². The molecule has 29 heavy (non-hydrogen) atoms. The van der Waals surface area contributed by atoms with Crippen molar-refractivity contribution in [2.24, 2.45) is 5.73 Å². The molecule has 2 atom stereocenters. The van der Waals surface area contributed by atoms with E-state index in [4.69, 9.17) is 5.73 Å². The molecule has 1 rings (SSSR count). The van der Waals surface area contributed by atoms with Crippen LogP contribution in [0.4, 0.5) is 13.2 Å². The third-order valence-corrected chi connectivity index (χ3v) is 4.71. The number of alkyl halides is 3. The fourth-order valence-corrected chi connectivity index (χ4v) is 3.03. The number of hydrogen-bond donors (Lipinski definition) is 3. The van der Waals surface area contributed by atoms with E-state index in [1.807, 2.05) is 37.3 Å². The average Bonchev–Trinajstić information content (AvgIpc) is 2.66. The van der Waals surface area contributed by atoms with Crippen molar-refractivity contribution in [3.05, 3.63) is 35.9 Å². The third-order valence-electron chi connectivity index (χ3n) is 4.71. The van der Waals surface area contributed by atoms with Crippen LogP contribution in [-0.2, 0) is 16.0 Å². The van der Waals surface area contributed by atoms with Crippen molar-refractivity contribution in [2.75, 3.05) is 6.54 Å². The van der Waals surface area contributed by atoms with E-state index in [1.54, 1.807) is 0 Å². The molecule has 4 N–H and O–H groups in total. The van der Waals surface area contributed by atoms with Gasteiger partial charge in [0.1, 0.15) is 6.04 Å². The second-order valence-electron chi connectivity index (χ2n) is 7.21. The van der Waals surface area contributed by atoms with Crippen molar-refractivity contribution in [3.63, 3.8) is 0 Å². The van der Waals surface area contributed by atoms with Gasteiger partial charge in [0.05, 0.1) is 12.5 Å². The molecule has 5 nitrogen and oxygen atoms in total. The van der Waals surface area contributed by atoms with Crippen molar-refractivity contribution in [2.45, 2.75) is 76.6 Å². The number of primary amides is 1. The highest BCUT2D eigenvalue weighted by atomic mass is 19.4. The number of hydrogen-bond acceptors (Lipinski definition) is 3. The van der Waals surface area contributed by atoms with Gasteiger partial charge in [0.2, 0.25) is 11.8 Å². The zero-order chi connectivity index (χ0) is 21.7. The Morgan fingerprint density at radius 3 is 2.31 bits per heavy atom. The van der Waals surface area contributed by atoms with Gasteiger partial charge in [-0.15, -0.1) is 0 Å². The molecule has 0 aromatic heterocycles. The van der Waals surface area contributed by atoms with Crippen molar-refractivity contribution >= 4 is 11.8 Å². The summed E-state index contributed by atoms with van der Waals surface area (Å²) in [4.78, 5) is 23.7. The van der Waals surface area contributed by atoms with Crippen LogP contribution in [0.3, 0.4) is 0 Å². The van der Waals surface area contributed by atoms with Crippen molar-refractivity contribution in [3.8, 4) is 0 Å². The van der Waals surface area contributed by atoms with E-state index in [1.165, 1.54) is 0 Å². The summed E-state index contributed by atoms with van der Waals surface area (Å²) < 4.78 is 40.0. The summed E-state index contributed by atoms with van der Waals surface area (Å²) in [5.41, 5.74) is 6.27. The molecule has 1 aromatic rings. The number of benzene rings is 1. The molecule has 0 aliphatic rings. The molecular weight excluding hydrogens is 383 g/mol. The molecule has 164 valence electrons. The third kappa shape index (κ3) is 10.9. The molecule has 2 unspecified atom stereocenters. The SMILES string of the molecule is CCCCCCCC(NC(CC(=O)NCCc1ccccc1)C(N)=O)C(F)(F)F. The van der Waals surface area contributed by atoms with Gasteiger partial charge in [-0.25, -0.2) is 0 Å². The predicted octanol–water partition coefficient (Wildman–Crippen LogP) is 3.47. The Labute approximate surface area is 170 Å². The van der Waals surface area contributed by atoms with E-state index >= 15 is 0 Å². The van der Waals surface area contributed by atoms with Crippen molar-refractivity contribution < 1.29 is 22.8 Å². The molecule has 0 saturated heterocycles. The average molecular weight is 416 g/mol. The van der Waals surface area contributed by atoms with Crippen LogP contribution in [0.1, 0.15) is 57.4 Å². The molecule has 0 spiro atoms. The number of nitrogens with one attached hydrogen (secondary N) is 2. The zero-order valence-electron chi connectivity index (χ0n) is 16.9. The largest absolute Gasteiger partial charge is 0.403 e. The summed E-state index contributed by atoms with van der Waals surface area (Å²) in [7, 11) is 0. The van der Waals surface area contributed by atoms with Gasteiger partial charge in [0, 0.05) is 6.54 Å². The monoisotopic (exact) mass is 415 g/mol. The normalized spacial score (nSPS) is 13.7. The topological polar surface area (TPSA) is 84.2 Å². The number of carbonyl (C=O) groups is 2. The highest BCUT2D eigenvalue weighted by Crippen LogP contribution is 2.25. The second kappa shape index (κ2) is 13.2. The van der Waals surface area contributed by atoms with Gasteiger partial charge in [-0.3, -0.25) is 14.9 Å². The van der Waals surface area contributed by atoms with Gasteiger partial charge in [0.15, 0.2) is 0 Å². The van der Waals surface area contributed by atoms with Gasteiger partial charge in [-0.05, 0) is 18.4 Å². The fourth-order valence-electron chi connectivity index (χ4n) is 3.03. The number of rotatable bonds is 14. The van der Waals surface area contributed by atoms with Crippen molar-refractivity contribution in [1.82, 2.24) is 10.6 Å². The molecule has 0 aliphatic carbocycles. The first-order chi connectivity index (χ1) is 13.7. The van der Waals surface area contributed by atoms with Gasteiger partial charge >= 0.3 is 6.18 Å². The van der Waals surface area contributed by atoms with Crippen LogP contribution >= 0.6 is 0 Å². The summed E-state index contributed by atoms with van der Waals surface area (Å²) in [6.45, 7) is 2.36. The van der Waals surface area contributed by atoms with Gasteiger partial charge in [0.25, 0.3) is 0 Å². The Kier molecular flexibility index (Phi) is 11.3. The molecule has 1 aromatic carbocycles. The Bertz CT molecular complexity index is 609. The maximum atomic E-state index is 13.3. The summed E-state index contributed by atoms with van der Waals surface area (Å²) in [6.07, 6.45) is -0.535. The Hall–Kier alpha value is -2.09. The van der Waals surface area contributed by atoms with E-state index in [0.717, 1.165) is 24.8 Å². The molecule has 0 fully saturated rings.